The highest BCUT2D eigenvalue weighted by Gasteiger charge is 2.14. The SMILES string of the molecule is CC(C)(C)c1ccc(COc2ccc(-c3ncc4c(=O)[nH][nH]c4n3)cc2C#N)cc1. The Morgan fingerprint density at radius 1 is 1.10 bits per heavy atom. The van der Waals surface area contributed by atoms with Crippen LogP contribution >= 0.6 is 0 Å². The Bertz CT molecular complexity index is 1300. The summed E-state index contributed by atoms with van der Waals surface area (Å²) >= 11 is 0. The second kappa shape index (κ2) is 7.48. The van der Waals surface area contributed by atoms with Crippen LogP contribution in [-0.4, -0.2) is 20.2 Å². The molecule has 0 spiro atoms. The molecule has 0 aliphatic rings. The quantitative estimate of drug-likeness (QED) is 0.538. The maximum atomic E-state index is 11.6. The van der Waals surface area contributed by atoms with Gasteiger partial charge in [0.1, 0.15) is 23.8 Å². The van der Waals surface area contributed by atoms with Gasteiger partial charge < -0.3 is 4.74 Å². The molecule has 0 saturated heterocycles. The lowest BCUT2D eigenvalue weighted by Gasteiger charge is -2.19. The van der Waals surface area contributed by atoms with Crippen LogP contribution in [0.4, 0.5) is 0 Å². The van der Waals surface area contributed by atoms with Crippen molar-refractivity contribution in [3.05, 3.63) is 75.7 Å². The highest BCUT2D eigenvalue weighted by Crippen LogP contribution is 2.26. The maximum Gasteiger partial charge on any atom is 0.275 e. The van der Waals surface area contributed by atoms with Gasteiger partial charge in [-0.25, -0.2) is 9.97 Å². The van der Waals surface area contributed by atoms with E-state index in [9.17, 15) is 10.1 Å². The molecule has 2 aromatic heterocycles. The smallest absolute Gasteiger partial charge is 0.275 e. The lowest BCUT2D eigenvalue weighted by molar-refractivity contribution is 0.305. The molecule has 2 heterocycles. The van der Waals surface area contributed by atoms with Crippen molar-refractivity contribution in [2.45, 2.75) is 32.8 Å². The number of fused-ring (bicyclic) bond motifs is 1. The number of benzene rings is 2. The highest BCUT2D eigenvalue weighted by atomic mass is 16.5. The minimum Gasteiger partial charge on any atom is -0.488 e. The van der Waals surface area contributed by atoms with E-state index >= 15 is 0 Å². The number of nitrogens with one attached hydrogen (secondary N) is 2. The molecule has 0 aliphatic heterocycles. The standard InChI is InChI=1S/C23H21N5O2/c1-23(2,3)17-7-4-14(5-8-17)13-30-19-9-6-15(10-16(19)11-24)20-25-12-18-21(26-20)27-28-22(18)29/h4-10,12H,13H2,1-3H3,(H2,25,26,27,28,29). The predicted octanol–water partition coefficient (Wildman–Crippen LogP) is 4.06. The Labute approximate surface area is 173 Å². The zero-order valence-corrected chi connectivity index (χ0v) is 17.0. The van der Waals surface area contributed by atoms with Gasteiger partial charge in [0.25, 0.3) is 5.56 Å². The average Bonchev–Trinajstić information content (AvgIpc) is 3.12. The summed E-state index contributed by atoms with van der Waals surface area (Å²) in [6.45, 7) is 6.89. The Hall–Kier alpha value is -3.92. The zero-order chi connectivity index (χ0) is 21.3. The lowest BCUT2D eigenvalue weighted by atomic mass is 9.87. The molecule has 4 aromatic rings. The van der Waals surface area contributed by atoms with Crippen LogP contribution in [0, 0.1) is 11.3 Å². The minimum atomic E-state index is -0.270. The summed E-state index contributed by atoms with van der Waals surface area (Å²) in [6.07, 6.45) is 1.46. The molecule has 0 radical (unpaired) electrons. The van der Waals surface area contributed by atoms with Gasteiger partial charge in [-0.3, -0.25) is 15.0 Å². The third kappa shape index (κ3) is 3.80. The molecular formula is C23H21N5O2. The normalized spacial score (nSPS) is 11.4. The summed E-state index contributed by atoms with van der Waals surface area (Å²) in [5, 5.41) is 15.1. The fourth-order valence-corrected chi connectivity index (χ4v) is 3.11. The van der Waals surface area contributed by atoms with Crippen molar-refractivity contribution < 1.29 is 4.74 Å². The van der Waals surface area contributed by atoms with Gasteiger partial charge in [0.2, 0.25) is 0 Å². The van der Waals surface area contributed by atoms with Crippen LogP contribution in [0.3, 0.4) is 0 Å². The largest absolute Gasteiger partial charge is 0.488 e. The molecule has 2 aromatic carbocycles. The molecule has 150 valence electrons. The number of hydrogen-bond acceptors (Lipinski definition) is 5. The summed E-state index contributed by atoms with van der Waals surface area (Å²) in [4.78, 5) is 20.2. The molecule has 0 saturated carbocycles. The Kier molecular flexibility index (Phi) is 4.84. The predicted molar refractivity (Wildman–Crippen MR) is 114 cm³/mol. The third-order valence-corrected chi connectivity index (χ3v) is 4.90. The van der Waals surface area contributed by atoms with E-state index in [1.54, 1.807) is 18.2 Å². The lowest BCUT2D eigenvalue weighted by Crippen LogP contribution is -2.10. The van der Waals surface area contributed by atoms with E-state index in [0.717, 1.165) is 5.56 Å². The number of hydrogen-bond donors (Lipinski definition) is 2. The van der Waals surface area contributed by atoms with Crippen LogP contribution in [0.1, 0.15) is 37.5 Å². The van der Waals surface area contributed by atoms with Crippen molar-refractivity contribution in [2.24, 2.45) is 0 Å². The number of H-pyrrole nitrogens is 2. The van der Waals surface area contributed by atoms with Crippen LogP contribution in [-0.2, 0) is 12.0 Å². The first kappa shape index (κ1) is 19.4. The first-order valence-corrected chi connectivity index (χ1v) is 9.55. The summed E-state index contributed by atoms with van der Waals surface area (Å²) < 4.78 is 5.89. The van der Waals surface area contributed by atoms with E-state index in [-0.39, 0.29) is 11.0 Å². The third-order valence-electron chi connectivity index (χ3n) is 4.90. The average molecular weight is 399 g/mol. The molecule has 4 rings (SSSR count). The first-order chi connectivity index (χ1) is 14.3. The molecule has 7 nitrogen and oxygen atoms in total. The second-order valence-electron chi connectivity index (χ2n) is 8.09. The summed E-state index contributed by atoms with van der Waals surface area (Å²) in [5.41, 5.74) is 3.59. The van der Waals surface area contributed by atoms with E-state index in [1.807, 2.05) is 12.1 Å². The van der Waals surface area contributed by atoms with Gasteiger partial charge in [-0.15, -0.1) is 0 Å². The van der Waals surface area contributed by atoms with E-state index < -0.39 is 0 Å². The molecule has 2 N–H and O–H groups in total. The van der Waals surface area contributed by atoms with Gasteiger partial charge in [0, 0.05) is 11.8 Å². The van der Waals surface area contributed by atoms with E-state index in [0.29, 0.717) is 40.3 Å². The van der Waals surface area contributed by atoms with Crippen molar-refractivity contribution in [3.63, 3.8) is 0 Å². The number of nitriles is 1. The summed E-state index contributed by atoms with van der Waals surface area (Å²) in [5.74, 6) is 0.913. The Morgan fingerprint density at radius 3 is 2.57 bits per heavy atom. The van der Waals surface area contributed by atoms with E-state index in [1.165, 1.54) is 11.8 Å². The van der Waals surface area contributed by atoms with Crippen molar-refractivity contribution in [3.8, 4) is 23.2 Å². The molecular weight excluding hydrogens is 378 g/mol. The second-order valence-corrected chi connectivity index (χ2v) is 8.09. The highest BCUT2D eigenvalue weighted by molar-refractivity contribution is 5.75. The Balaban J connectivity index is 1.55. The van der Waals surface area contributed by atoms with Crippen LogP contribution in [0.25, 0.3) is 22.4 Å². The monoisotopic (exact) mass is 399 g/mol. The number of rotatable bonds is 4. The van der Waals surface area contributed by atoms with Crippen LogP contribution in [0.5, 0.6) is 5.75 Å². The van der Waals surface area contributed by atoms with E-state index in [2.05, 4.69) is 59.1 Å². The number of aromatic amines is 2. The fraction of sp³-hybridized carbons (Fsp3) is 0.217. The van der Waals surface area contributed by atoms with Gasteiger partial charge in [-0.1, -0.05) is 45.0 Å². The first-order valence-electron chi connectivity index (χ1n) is 9.55. The van der Waals surface area contributed by atoms with E-state index in [4.69, 9.17) is 4.74 Å². The number of ether oxygens (including phenoxy) is 1. The molecule has 0 unspecified atom stereocenters. The molecule has 30 heavy (non-hydrogen) atoms. The molecule has 0 amide bonds. The Morgan fingerprint density at radius 2 is 1.87 bits per heavy atom. The fourth-order valence-electron chi connectivity index (χ4n) is 3.11. The van der Waals surface area contributed by atoms with Crippen LogP contribution < -0.4 is 10.3 Å². The van der Waals surface area contributed by atoms with Crippen molar-refractivity contribution in [1.29, 1.82) is 5.26 Å². The van der Waals surface area contributed by atoms with Gasteiger partial charge in [-0.2, -0.15) is 5.26 Å². The molecule has 0 fully saturated rings. The molecule has 0 atom stereocenters. The topological polar surface area (TPSA) is 107 Å². The van der Waals surface area contributed by atoms with Gasteiger partial charge in [0.15, 0.2) is 11.5 Å². The van der Waals surface area contributed by atoms with Crippen LogP contribution in [0.15, 0.2) is 53.5 Å². The van der Waals surface area contributed by atoms with Gasteiger partial charge in [-0.05, 0) is 34.7 Å². The van der Waals surface area contributed by atoms with Gasteiger partial charge in [0.05, 0.1) is 5.56 Å². The van der Waals surface area contributed by atoms with Crippen LogP contribution in [0.2, 0.25) is 0 Å². The number of aromatic nitrogens is 4. The minimum absolute atomic E-state index is 0.0989. The summed E-state index contributed by atoms with van der Waals surface area (Å²) in [6, 6.07) is 15.7. The maximum absolute atomic E-state index is 11.6. The van der Waals surface area contributed by atoms with Crippen molar-refractivity contribution >= 4 is 11.0 Å². The molecule has 0 aliphatic carbocycles. The van der Waals surface area contributed by atoms with Crippen molar-refractivity contribution in [2.75, 3.05) is 0 Å². The van der Waals surface area contributed by atoms with Gasteiger partial charge >= 0.3 is 0 Å². The molecule has 0 bridgehead atoms. The summed E-state index contributed by atoms with van der Waals surface area (Å²) in [7, 11) is 0. The molecule has 7 heteroatoms. The number of nitrogens with zero attached hydrogens (tertiary/aromatic N) is 3. The zero-order valence-electron chi connectivity index (χ0n) is 17.0. The van der Waals surface area contributed by atoms with Crippen molar-refractivity contribution in [1.82, 2.24) is 20.2 Å².